The maximum atomic E-state index is 11.8. The zero-order valence-corrected chi connectivity index (χ0v) is 13.4. The van der Waals surface area contributed by atoms with Crippen molar-refractivity contribution >= 4 is 23.0 Å². The van der Waals surface area contributed by atoms with E-state index in [0.717, 1.165) is 10.6 Å². The van der Waals surface area contributed by atoms with Crippen LogP contribution in [0.1, 0.15) is 18.7 Å². The van der Waals surface area contributed by atoms with Gasteiger partial charge >= 0.3 is 0 Å². The Hall–Kier alpha value is -2.34. The molecular weight excluding hydrogens is 300 g/mol. The lowest BCUT2D eigenvalue weighted by Crippen LogP contribution is -2.25. The molecule has 116 valence electrons. The number of para-hydroxylation sites is 2. The van der Waals surface area contributed by atoms with Gasteiger partial charge in [0, 0.05) is 4.88 Å². The quantitative estimate of drug-likeness (QED) is 0.630. The lowest BCUT2D eigenvalue weighted by Gasteiger charge is -2.10. The van der Waals surface area contributed by atoms with Gasteiger partial charge in [-0.3, -0.25) is 4.79 Å². The molecule has 0 aliphatic rings. The molecule has 0 saturated carbocycles. The second-order valence-corrected chi connectivity index (χ2v) is 5.33. The van der Waals surface area contributed by atoms with E-state index < -0.39 is 0 Å². The molecule has 0 radical (unpaired) electrons. The van der Waals surface area contributed by atoms with Crippen molar-refractivity contribution in [3.8, 4) is 11.5 Å². The summed E-state index contributed by atoms with van der Waals surface area (Å²) in [6, 6.07) is 11.1. The van der Waals surface area contributed by atoms with E-state index in [1.165, 1.54) is 0 Å². The zero-order valence-electron chi connectivity index (χ0n) is 12.5. The van der Waals surface area contributed by atoms with Gasteiger partial charge in [-0.1, -0.05) is 18.2 Å². The van der Waals surface area contributed by atoms with Crippen LogP contribution >= 0.6 is 11.3 Å². The summed E-state index contributed by atoms with van der Waals surface area (Å²) in [5.74, 6) is 0.844. The van der Waals surface area contributed by atoms with E-state index in [0.29, 0.717) is 18.1 Å². The molecule has 1 aromatic carbocycles. The average Bonchev–Trinajstić information content (AvgIpc) is 3.06. The van der Waals surface area contributed by atoms with Gasteiger partial charge in [0.05, 0.1) is 12.3 Å². The van der Waals surface area contributed by atoms with Crippen LogP contribution in [-0.2, 0) is 4.79 Å². The maximum absolute atomic E-state index is 11.8. The van der Waals surface area contributed by atoms with E-state index in [1.54, 1.807) is 23.5 Å². The van der Waals surface area contributed by atoms with Crippen molar-refractivity contribution in [2.75, 3.05) is 13.2 Å². The molecule has 0 spiro atoms. The number of rotatable bonds is 7. The van der Waals surface area contributed by atoms with Crippen LogP contribution in [0, 0.1) is 0 Å². The summed E-state index contributed by atoms with van der Waals surface area (Å²) >= 11 is 1.57. The molecular formula is C16H18N2O3S. The van der Waals surface area contributed by atoms with Crippen molar-refractivity contribution < 1.29 is 14.3 Å². The van der Waals surface area contributed by atoms with Crippen molar-refractivity contribution in [1.82, 2.24) is 5.43 Å². The molecule has 1 heterocycles. The van der Waals surface area contributed by atoms with Gasteiger partial charge in [0.15, 0.2) is 18.1 Å². The topological polar surface area (TPSA) is 59.9 Å². The van der Waals surface area contributed by atoms with E-state index in [1.807, 2.05) is 43.5 Å². The highest BCUT2D eigenvalue weighted by molar-refractivity contribution is 7.12. The van der Waals surface area contributed by atoms with Crippen LogP contribution in [0.3, 0.4) is 0 Å². The fourth-order valence-corrected chi connectivity index (χ4v) is 2.38. The number of carbonyl (C=O) groups excluding carboxylic acids is 1. The largest absolute Gasteiger partial charge is 0.490 e. The van der Waals surface area contributed by atoms with Crippen LogP contribution in [0.2, 0.25) is 0 Å². The summed E-state index contributed by atoms with van der Waals surface area (Å²) in [5, 5.41) is 6.02. The Morgan fingerprint density at radius 2 is 1.91 bits per heavy atom. The molecule has 0 atom stereocenters. The Balaban J connectivity index is 1.87. The molecule has 1 aromatic heterocycles. The van der Waals surface area contributed by atoms with E-state index in [2.05, 4.69) is 10.5 Å². The van der Waals surface area contributed by atoms with Crippen LogP contribution in [0.15, 0.2) is 46.9 Å². The Labute approximate surface area is 133 Å². The molecule has 6 heteroatoms. The van der Waals surface area contributed by atoms with Gasteiger partial charge in [-0.05, 0) is 37.4 Å². The molecule has 1 amide bonds. The molecule has 2 aromatic rings. The first-order valence-corrected chi connectivity index (χ1v) is 7.80. The van der Waals surface area contributed by atoms with E-state index in [4.69, 9.17) is 9.47 Å². The summed E-state index contributed by atoms with van der Waals surface area (Å²) in [6.07, 6.45) is 0. The van der Waals surface area contributed by atoms with Crippen molar-refractivity contribution in [3.05, 3.63) is 46.7 Å². The summed E-state index contributed by atoms with van der Waals surface area (Å²) in [7, 11) is 0. The molecule has 0 bridgehead atoms. The number of carbonyl (C=O) groups is 1. The first-order chi connectivity index (χ1) is 10.7. The van der Waals surface area contributed by atoms with E-state index >= 15 is 0 Å². The molecule has 0 saturated heterocycles. The summed E-state index contributed by atoms with van der Waals surface area (Å²) < 4.78 is 10.9. The molecule has 2 rings (SSSR count). The number of benzene rings is 1. The van der Waals surface area contributed by atoms with Crippen molar-refractivity contribution in [3.63, 3.8) is 0 Å². The first-order valence-electron chi connectivity index (χ1n) is 6.92. The van der Waals surface area contributed by atoms with Crippen LogP contribution in [0.25, 0.3) is 0 Å². The number of hydrogen-bond acceptors (Lipinski definition) is 5. The Kier molecular flexibility index (Phi) is 5.97. The van der Waals surface area contributed by atoms with Crippen LogP contribution in [0.4, 0.5) is 0 Å². The van der Waals surface area contributed by atoms with E-state index in [-0.39, 0.29) is 12.5 Å². The minimum atomic E-state index is -0.317. The predicted molar refractivity (Wildman–Crippen MR) is 87.8 cm³/mol. The van der Waals surface area contributed by atoms with Crippen molar-refractivity contribution in [1.29, 1.82) is 0 Å². The van der Waals surface area contributed by atoms with Crippen molar-refractivity contribution in [2.24, 2.45) is 5.10 Å². The highest BCUT2D eigenvalue weighted by atomic mass is 32.1. The Bertz CT molecular complexity index is 639. The van der Waals surface area contributed by atoms with Gasteiger partial charge in [-0.2, -0.15) is 5.10 Å². The summed E-state index contributed by atoms with van der Waals surface area (Å²) in [5.41, 5.74) is 3.24. The highest BCUT2D eigenvalue weighted by Crippen LogP contribution is 2.26. The van der Waals surface area contributed by atoms with Gasteiger partial charge in [-0.25, -0.2) is 5.43 Å². The first kappa shape index (κ1) is 16.0. The summed E-state index contributed by atoms with van der Waals surface area (Å²) in [4.78, 5) is 12.8. The third kappa shape index (κ3) is 4.60. The van der Waals surface area contributed by atoms with Crippen molar-refractivity contribution in [2.45, 2.75) is 13.8 Å². The number of hydrogen-bond donors (Lipinski definition) is 1. The SMILES string of the molecule is CCOc1ccccc1OCC(=O)N/N=C(\C)c1cccs1. The third-order valence-electron chi connectivity index (χ3n) is 2.73. The third-order valence-corrected chi connectivity index (χ3v) is 3.71. The molecule has 0 unspecified atom stereocenters. The highest BCUT2D eigenvalue weighted by Gasteiger charge is 2.07. The van der Waals surface area contributed by atoms with Crippen LogP contribution < -0.4 is 14.9 Å². The fraction of sp³-hybridized carbons (Fsp3) is 0.250. The molecule has 1 N–H and O–H groups in total. The van der Waals surface area contributed by atoms with Crippen LogP contribution in [0.5, 0.6) is 11.5 Å². The number of nitrogens with one attached hydrogen (secondary N) is 1. The lowest BCUT2D eigenvalue weighted by atomic mass is 10.3. The number of amides is 1. The monoisotopic (exact) mass is 318 g/mol. The molecule has 22 heavy (non-hydrogen) atoms. The van der Waals surface area contributed by atoms with Gasteiger partial charge in [0.25, 0.3) is 5.91 Å². The van der Waals surface area contributed by atoms with Gasteiger partial charge in [-0.15, -0.1) is 11.3 Å². The minimum Gasteiger partial charge on any atom is -0.490 e. The molecule has 0 fully saturated rings. The number of ether oxygens (including phenoxy) is 2. The maximum Gasteiger partial charge on any atom is 0.277 e. The van der Waals surface area contributed by atoms with Crippen LogP contribution in [-0.4, -0.2) is 24.8 Å². The standard InChI is InChI=1S/C16H18N2O3S/c1-3-20-13-7-4-5-8-14(13)21-11-16(19)18-17-12(2)15-9-6-10-22-15/h4-10H,3,11H2,1-2H3,(H,18,19)/b17-12+. The normalized spacial score (nSPS) is 11.1. The number of nitrogens with zero attached hydrogens (tertiary/aromatic N) is 1. The number of hydrazone groups is 1. The Morgan fingerprint density at radius 3 is 2.55 bits per heavy atom. The second kappa shape index (κ2) is 8.19. The molecule has 0 aliphatic carbocycles. The molecule has 0 aliphatic heterocycles. The number of thiophene rings is 1. The fourth-order valence-electron chi connectivity index (χ4n) is 1.71. The van der Waals surface area contributed by atoms with Gasteiger partial charge in [0.1, 0.15) is 0 Å². The Morgan fingerprint density at radius 1 is 1.18 bits per heavy atom. The predicted octanol–water partition coefficient (Wildman–Crippen LogP) is 3.07. The molecule has 5 nitrogen and oxygen atoms in total. The van der Waals surface area contributed by atoms with Gasteiger partial charge < -0.3 is 9.47 Å². The van der Waals surface area contributed by atoms with E-state index in [9.17, 15) is 4.79 Å². The zero-order chi connectivity index (χ0) is 15.8. The minimum absolute atomic E-state index is 0.120. The summed E-state index contributed by atoms with van der Waals surface area (Å²) in [6.45, 7) is 4.16. The van der Waals surface area contributed by atoms with Gasteiger partial charge in [0.2, 0.25) is 0 Å². The second-order valence-electron chi connectivity index (χ2n) is 4.38. The lowest BCUT2D eigenvalue weighted by molar-refractivity contribution is -0.123. The average molecular weight is 318 g/mol. The smallest absolute Gasteiger partial charge is 0.277 e.